The fourth-order valence-electron chi connectivity index (χ4n) is 7.70. The second-order valence-electron chi connectivity index (χ2n) is 12.9. The third-order valence-electron chi connectivity index (χ3n) is 10.0. The molecule has 2 heteroatoms. The maximum atomic E-state index is 2.45. The molecule has 10 rings (SSSR count). The number of fused-ring (bicyclic) bond motifs is 8. The minimum atomic E-state index is 1.12. The van der Waals surface area contributed by atoms with E-state index in [-0.39, 0.29) is 0 Å². The maximum Gasteiger partial charge on any atom is 0.0546 e. The smallest absolute Gasteiger partial charge is 0.0546 e. The molecule has 1 heterocycles. The molecule has 0 spiro atoms. The standard InChI is InChI=1S/C48H31NS/c1-2-13-32(14-3-1)38-18-10-11-24-45(38)49(46-31-35-16-5-6-17-37(35)41-20-8-9-21-42(41)46)36-28-25-34(26-29-36)40-22-12-23-43-44-30-27-33-15-4-7-19-39(33)48(44)50-47(40)43/h1-31H. The van der Waals surface area contributed by atoms with E-state index in [0.717, 1.165) is 17.1 Å². The van der Waals surface area contributed by atoms with Crippen molar-refractivity contribution in [3.05, 3.63) is 188 Å². The van der Waals surface area contributed by atoms with Crippen LogP contribution < -0.4 is 4.90 Å². The van der Waals surface area contributed by atoms with Crippen LogP contribution in [0.1, 0.15) is 0 Å². The molecule has 1 aromatic heterocycles. The van der Waals surface area contributed by atoms with Crippen molar-refractivity contribution >= 4 is 80.9 Å². The highest BCUT2D eigenvalue weighted by Crippen LogP contribution is 2.47. The van der Waals surface area contributed by atoms with Gasteiger partial charge in [0.2, 0.25) is 0 Å². The Morgan fingerprint density at radius 2 is 0.920 bits per heavy atom. The van der Waals surface area contributed by atoms with Crippen LogP contribution in [-0.4, -0.2) is 0 Å². The average Bonchev–Trinajstić information content (AvgIpc) is 3.59. The Bertz CT molecular complexity index is 2870. The van der Waals surface area contributed by atoms with Gasteiger partial charge in [-0.2, -0.15) is 0 Å². The molecule has 234 valence electrons. The third-order valence-corrected chi connectivity index (χ3v) is 11.3. The van der Waals surface area contributed by atoms with Gasteiger partial charge < -0.3 is 4.90 Å². The Morgan fingerprint density at radius 1 is 0.320 bits per heavy atom. The van der Waals surface area contributed by atoms with Gasteiger partial charge in [0.15, 0.2) is 0 Å². The lowest BCUT2D eigenvalue weighted by molar-refractivity contribution is 1.30. The van der Waals surface area contributed by atoms with Gasteiger partial charge in [0.1, 0.15) is 0 Å². The molecule has 0 N–H and O–H groups in total. The van der Waals surface area contributed by atoms with E-state index < -0.39 is 0 Å². The molecule has 0 amide bonds. The predicted molar refractivity (Wildman–Crippen MR) is 217 cm³/mol. The number of anilines is 3. The van der Waals surface area contributed by atoms with Crippen molar-refractivity contribution in [2.24, 2.45) is 0 Å². The second-order valence-corrected chi connectivity index (χ2v) is 13.9. The van der Waals surface area contributed by atoms with Crippen LogP contribution >= 0.6 is 11.3 Å². The molecule has 50 heavy (non-hydrogen) atoms. The average molecular weight is 654 g/mol. The van der Waals surface area contributed by atoms with Crippen molar-refractivity contribution in [3.8, 4) is 22.3 Å². The molecule has 0 saturated carbocycles. The van der Waals surface area contributed by atoms with Gasteiger partial charge in [0.05, 0.1) is 11.4 Å². The summed E-state index contributed by atoms with van der Waals surface area (Å²) in [7, 11) is 0. The highest BCUT2D eigenvalue weighted by molar-refractivity contribution is 7.27. The highest BCUT2D eigenvalue weighted by Gasteiger charge is 2.21. The zero-order valence-corrected chi connectivity index (χ0v) is 28.1. The minimum absolute atomic E-state index is 1.12. The second kappa shape index (κ2) is 11.7. The number of para-hydroxylation sites is 1. The summed E-state index contributed by atoms with van der Waals surface area (Å²) in [6.45, 7) is 0. The molecule has 0 unspecified atom stereocenters. The number of thiophene rings is 1. The lowest BCUT2D eigenvalue weighted by atomic mass is 9.97. The zero-order chi connectivity index (χ0) is 33.0. The van der Waals surface area contributed by atoms with Gasteiger partial charge in [-0.3, -0.25) is 0 Å². The van der Waals surface area contributed by atoms with Crippen molar-refractivity contribution in [2.45, 2.75) is 0 Å². The van der Waals surface area contributed by atoms with Gasteiger partial charge in [-0.25, -0.2) is 0 Å². The van der Waals surface area contributed by atoms with Gasteiger partial charge in [0, 0.05) is 36.8 Å². The summed E-state index contributed by atoms with van der Waals surface area (Å²) in [5.74, 6) is 0. The Hall–Kier alpha value is -6.22. The van der Waals surface area contributed by atoms with E-state index in [1.807, 2.05) is 11.3 Å². The Labute approximate surface area is 294 Å². The van der Waals surface area contributed by atoms with Gasteiger partial charge in [-0.15, -0.1) is 11.3 Å². The number of hydrogen-bond donors (Lipinski definition) is 0. The molecule has 0 atom stereocenters. The van der Waals surface area contributed by atoms with Crippen LogP contribution in [0.2, 0.25) is 0 Å². The fourth-order valence-corrected chi connectivity index (χ4v) is 9.07. The SMILES string of the molecule is c1ccc(-c2ccccc2N(c2ccc(-c3cccc4c3sc3c5ccccc5ccc43)cc2)c2cc3ccccc3c3ccccc23)cc1. The molecule has 0 fully saturated rings. The van der Waals surface area contributed by atoms with E-state index in [4.69, 9.17) is 0 Å². The first-order valence-corrected chi connectivity index (χ1v) is 17.9. The molecular formula is C48H31NS. The van der Waals surface area contributed by atoms with Crippen molar-refractivity contribution in [3.63, 3.8) is 0 Å². The Morgan fingerprint density at radius 3 is 1.76 bits per heavy atom. The van der Waals surface area contributed by atoms with Crippen LogP contribution in [0, 0.1) is 0 Å². The van der Waals surface area contributed by atoms with Gasteiger partial charge in [-0.1, -0.05) is 164 Å². The van der Waals surface area contributed by atoms with Crippen molar-refractivity contribution in [1.82, 2.24) is 0 Å². The highest BCUT2D eigenvalue weighted by atomic mass is 32.1. The minimum Gasteiger partial charge on any atom is -0.309 e. The van der Waals surface area contributed by atoms with Crippen LogP contribution in [0.15, 0.2) is 188 Å². The van der Waals surface area contributed by atoms with E-state index in [2.05, 4.69) is 193 Å². The molecule has 0 aliphatic carbocycles. The molecule has 9 aromatic carbocycles. The van der Waals surface area contributed by atoms with E-state index >= 15 is 0 Å². The van der Waals surface area contributed by atoms with Crippen molar-refractivity contribution in [1.29, 1.82) is 0 Å². The molecule has 0 aliphatic heterocycles. The van der Waals surface area contributed by atoms with Crippen LogP contribution in [0.3, 0.4) is 0 Å². The summed E-state index contributed by atoms with van der Waals surface area (Å²) in [4.78, 5) is 2.45. The topological polar surface area (TPSA) is 3.24 Å². The van der Waals surface area contributed by atoms with E-state index in [0.29, 0.717) is 0 Å². The van der Waals surface area contributed by atoms with E-state index in [1.165, 1.54) is 74.7 Å². The summed E-state index contributed by atoms with van der Waals surface area (Å²) in [6.07, 6.45) is 0. The molecular weight excluding hydrogens is 623 g/mol. The number of benzene rings is 9. The van der Waals surface area contributed by atoms with E-state index in [1.54, 1.807) is 0 Å². The lowest BCUT2D eigenvalue weighted by Gasteiger charge is -2.29. The first-order chi connectivity index (χ1) is 24.8. The van der Waals surface area contributed by atoms with Crippen LogP contribution in [0.5, 0.6) is 0 Å². The molecule has 10 aromatic rings. The largest absolute Gasteiger partial charge is 0.309 e. The quantitative estimate of drug-likeness (QED) is 0.167. The molecule has 0 saturated heterocycles. The number of rotatable bonds is 5. The van der Waals surface area contributed by atoms with Gasteiger partial charge >= 0.3 is 0 Å². The van der Waals surface area contributed by atoms with E-state index in [9.17, 15) is 0 Å². The van der Waals surface area contributed by atoms with Gasteiger partial charge in [0.25, 0.3) is 0 Å². The summed E-state index contributed by atoms with van der Waals surface area (Å²) in [5, 5.41) is 10.2. The summed E-state index contributed by atoms with van der Waals surface area (Å²) < 4.78 is 2.69. The number of nitrogens with zero attached hydrogens (tertiary/aromatic N) is 1. The summed E-state index contributed by atoms with van der Waals surface area (Å²) in [5.41, 5.74) is 8.29. The maximum absolute atomic E-state index is 2.45. The van der Waals surface area contributed by atoms with Crippen molar-refractivity contribution in [2.75, 3.05) is 4.90 Å². The van der Waals surface area contributed by atoms with Crippen LogP contribution in [-0.2, 0) is 0 Å². The zero-order valence-electron chi connectivity index (χ0n) is 27.3. The molecule has 0 radical (unpaired) electrons. The summed E-state index contributed by atoms with van der Waals surface area (Å²) in [6, 6.07) is 68.6. The Kier molecular flexibility index (Phi) is 6.75. The van der Waals surface area contributed by atoms with Crippen molar-refractivity contribution < 1.29 is 0 Å². The molecule has 1 nitrogen and oxygen atoms in total. The normalized spacial score (nSPS) is 11.6. The third kappa shape index (κ3) is 4.61. The number of hydrogen-bond acceptors (Lipinski definition) is 2. The van der Waals surface area contributed by atoms with Crippen LogP contribution in [0.25, 0.3) is 74.7 Å². The monoisotopic (exact) mass is 653 g/mol. The Balaban J connectivity index is 1.18. The first-order valence-electron chi connectivity index (χ1n) is 17.1. The predicted octanol–water partition coefficient (Wildman–Crippen LogP) is 14.3. The summed E-state index contributed by atoms with van der Waals surface area (Å²) >= 11 is 1.91. The van der Waals surface area contributed by atoms with Crippen LogP contribution in [0.4, 0.5) is 17.1 Å². The molecule has 0 aliphatic rings. The molecule has 0 bridgehead atoms. The first kappa shape index (κ1) is 28.8. The lowest BCUT2D eigenvalue weighted by Crippen LogP contribution is -2.12. The van der Waals surface area contributed by atoms with Gasteiger partial charge in [-0.05, 0) is 67.9 Å². The fraction of sp³-hybridized carbons (Fsp3) is 0.